The van der Waals surface area contributed by atoms with Gasteiger partial charge in [-0.3, -0.25) is 0 Å². The summed E-state index contributed by atoms with van der Waals surface area (Å²) >= 11 is 13.3. The van der Waals surface area contributed by atoms with Gasteiger partial charge in [0.05, 0.1) is 29.2 Å². The zero-order valence-electron chi connectivity index (χ0n) is 20.6. The summed E-state index contributed by atoms with van der Waals surface area (Å²) in [6.45, 7) is 1.71. The molecule has 1 heterocycles. The van der Waals surface area contributed by atoms with Crippen molar-refractivity contribution >= 4 is 49.0 Å². The van der Waals surface area contributed by atoms with Gasteiger partial charge in [0.15, 0.2) is 11.5 Å². The van der Waals surface area contributed by atoms with Gasteiger partial charge in [0.2, 0.25) is 0 Å². The first-order chi connectivity index (χ1) is 18.1. The summed E-state index contributed by atoms with van der Waals surface area (Å²) in [6, 6.07) is 15.8. The normalized spacial score (nSPS) is 14.8. The lowest BCUT2D eigenvalue weighted by atomic mass is 9.87. The van der Waals surface area contributed by atoms with Crippen LogP contribution in [0.5, 0.6) is 11.5 Å². The maximum absolute atomic E-state index is 11.5. The van der Waals surface area contributed by atoms with E-state index in [1.807, 2.05) is 30.3 Å². The van der Waals surface area contributed by atoms with Gasteiger partial charge >= 0.3 is 6.09 Å². The predicted octanol–water partition coefficient (Wildman–Crippen LogP) is 5.67. The van der Waals surface area contributed by atoms with Crippen molar-refractivity contribution in [1.29, 1.82) is 0 Å². The lowest BCUT2D eigenvalue weighted by Crippen LogP contribution is -2.21. The van der Waals surface area contributed by atoms with E-state index in [-0.39, 0.29) is 10.8 Å². The van der Waals surface area contributed by atoms with Crippen LogP contribution in [0.3, 0.4) is 0 Å². The number of methoxy groups -OCH3 is 2. The molecule has 4 rings (SSSR count). The van der Waals surface area contributed by atoms with Crippen LogP contribution in [-0.2, 0) is 22.0 Å². The van der Waals surface area contributed by atoms with Gasteiger partial charge in [-0.05, 0) is 47.4 Å². The Morgan fingerprint density at radius 2 is 1.63 bits per heavy atom. The smallest absolute Gasteiger partial charge is 0.404 e. The van der Waals surface area contributed by atoms with Gasteiger partial charge in [-0.2, -0.15) is 0 Å². The standard InChI is InChI=1S/C18H18Cl3NO4S.C8H9NO2/c1-25-17-15(19)12-7-8-22-9-13(14(12)16(20)18(17)26-2)10-3-5-11(6-4-10)27(21,23)24;10-8(11)9-6-7-4-2-1-3-5-7/h3-6,13,22H,7-9H2,1-2H3;1-5,9H,6H2,(H,10,11). The Labute approximate surface area is 236 Å². The van der Waals surface area contributed by atoms with Crippen LogP contribution in [0.1, 0.15) is 28.2 Å². The Balaban J connectivity index is 0.000000304. The van der Waals surface area contributed by atoms with Crippen molar-refractivity contribution in [2.24, 2.45) is 0 Å². The number of benzene rings is 3. The molecule has 0 fully saturated rings. The first kappa shape index (κ1) is 29.9. The molecule has 0 saturated heterocycles. The number of halogens is 3. The van der Waals surface area contributed by atoms with E-state index in [2.05, 4.69) is 10.6 Å². The van der Waals surface area contributed by atoms with Gasteiger partial charge in [-0.15, -0.1) is 0 Å². The largest absolute Gasteiger partial charge is 0.491 e. The highest BCUT2D eigenvalue weighted by Gasteiger charge is 2.30. The number of fused-ring (bicyclic) bond motifs is 1. The molecule has 38 heavy (non-hydrogen) atoms. The molecule has 1 aliphatic heterocycles. The molecule has 0 aliphatic carbocycles. The van der Waals surface area contributed by atoms with Crippen LogP contribution in [-0.4, -0.2) is 46.9 Å². The quantitative estimate of drug-likeness (QED) is 0.312. The van der Waals surface area contributed by atoms with E-state index >= 15 is 0 Å². The van der Waals surface area contributed by atoms with Crippen LogP contribution in [0, 0.1) is 0 Å². The molecule has 0 spiro atoms. The van der Waals surface area contributed by atoms with Crippen molar-refractivity contribution in [3.05, 3.63) is 86.9 Å². The number of ether oxygens (including phenoxy) is 2. The highest BCUT2D eigenvalue weighted by atomic mass is 35.7. The summed E-state index contributed by atoms with van der Waals surface area (Å²) in [6.07, 6.45) is -0.312. The summed E-state index contributed by atoms with van der Waals surface area (Å²) in [5, 5.41) is 14.8. The average molecular weight is 602 g/mol. The summed E-state index contributed by atoms with van der Waals surface area (Å²) in [5.74, 6) is 0.654. The summed E-state index contributed by atoms with van der Waals surface area (Å²) in [4.78, 5) is 10.1. The van der Waals surface area contributed by atoms with E-state index in [4.69, 9.17) is 48.5 Å². The van der Waals surface area contributed by atoms with Crippen LogP contribution >= 0.6 is 33.9 Å². The third-order valence-electron chi connectivity index (χ3n) is 5.94. The Hall–Kier alpha value is -2.69. The fraction of sp³-hybridized carbons (Fsp3) is 0.269. The molecule has 3 N–H and O–H groups in total. The van der Waals surface area contributed by atoms with E-state index in [1.165, 1.54) is 26.4 Å². The third-order valence-corrected chi connectivity index (χ3v) is 8.08. The number of nitrogens with one attached hydrogen (secondary N) is 2. The van der Waals surface area contributed by atoms with Gasteiger partial charge in [0, 0.05) is 29.7 Å². The molecule has 0 aromatic heterocycles. The van der Waals surface area contributed by atoms with Crippen LogP contribution < -0.4 is 20.1 Å². The Bertz CT molecular complexity index is 1370. The highest BCUT2D eigenvalue weighted by Crippen LogP contribution is 2.49. The molecule has 1 unspecified atom stereocenters. The highest BCUT2D eigenvalue weighted by molar-refractivity contribution is 8.13. The minimum Gasteiger partial charge on any atom is -0.491 e. The predicted molar refractivity (Wildman–Crippen MR) is 149 cm³/mol. The third kappa shape index (κ3) is 7.24. The summed E-state index contributed by atoms with van der Waals surface area (Å²) in [7, 11) is 4.66. The van der Waals surface area contributed by atoms with Crippen LogP contribution in [0.4, 0.5) is 4.79 Å². The zero-order valence-corrected chi connectivity index (χ0v) is 23.7. The van der Waals surface area contributed by atoms with E-state index in [9.17, 15) is 13.2 Å². The minimum absolute atomic E-state index is 0.0474. The van der Waals surface area contributed by atoms with Crippen molar-refractivity contribution in [2.75, 3.05) is 27.3 Å². The zero-order chi connectivity index (χ0) is 27.9. The molecule has 3 aromatic carbocycles. The summed E-state index contributed by atoms with van der Waals surface area (Å²) < 4.78 is 33.9. The topological polar surface area (TPSA) is 114 Å². The summed E-state index contributed by atoms with van der Waals surface area (Å²) in [5.41, 5.74) is 3.60. The van der Waals surface area contributed by atoms with Gasteiger partial charge < -0.3 is 25.2 Å². The molecule has 1 amide bonds. The second kappa shape index (κ2) is 13.4. The second-order valence-electron chi connectivity index (χ2n) is 8.24. The molecule has 204 valence electrons. The van der Waals surface area contributed by atoms with Crippen molar-refractivity contribution in [3.63, 3.8) is 0 Å². The van der Waals surface area contributed by atoms with Crippen LogP contribution in [0.25, 0.3) is 0 Å². The first-order valence-electron chi connectivity index (χ1n) is 11.5. The number of carbonyl (C=O) groups is 1. The molecule has 1 atom stereocenters. The number of amides is 1. The van der Waals surface area contributed by atoms with Gasteiger partial charge in [0.25, 0.3) is 9.05 Å². The van der Waals surface area contributed by atoms with Gasteiger partial charge in [-0.25, -0.2) is 13.2 Å². The van der Waals surface area contributed by atoms with Crippen molar-refractivity contribution in [2.45, 2.75) is 23.8 Å². The molecule has 3 aromatic rings. The Kier molecular flexibility index (Phi) is 10.5. The number of carboxylic acid groups (broad SMARTS) is 1. The molecule has 1 aliphatic rings. The molecular formula is C26H27Cl3N2O6S. The first-order valence-corrected chi connectivity index (χ1v) is 14.5. The van der Waals surface area contributed by atoms with Crippen molar-refractivity contribution in [3.8, 4) is 11.5 Å². The molecule has 0 saturated carbocycles. The van der Waals surface area contributed by atoms with Gasteiger partial charge in [0.1, 0.15) is 0 Å². The lowest BCUT2D eigenvalue weighted by Gasteiger charge is -2.24. The molecule has 0 radical (unpaired) electrons. The number of rotatable bonds is 6. The fourth-order valence-electron chi connectivity index (χ4n) is 4.16. The van der Waals surface area contributed by atoms with Crippen molar-refractivity contribution < 1.29 is 27.8 Å². The monoisotopic (exact) mass is 600 g/mol. The maximum Gasteiger partial charge on any atom is 0.404 e. The molecule has 12 heteroatoms. The minimum atomic E-state index is -3.78. The molecular weight excluding hydrogens is 575 g/mol. The fourth-order valence-corrected chi connectivity index (χ4v) is 5.70. The van der Waals surface area contributed by atoms with Gasteiger partial charge in [-0.1, -0.05) is 65.7 Å². The number of hydrogen-bond donors (Lipinski definition) is 3. The van der Waals surface area contributed by atoms with Crippen LogP contribution in [0.15, 0.2) is 59.5 Å². The SMILES string of the molecule is COc1c(Cl)c2c(c(Cl)c1OC)C(c1ccc(S(=O)(=O)Cl)cc1)CNCC2.O=C(O)NCc1ccccc1. The Morgan fingerprint density at radius 3 is 2.18 bits per heavy atom. The maximum atomic E-state index is 11.5. The molecule has 0 bridgehead atoms. The average Bonchev–Trinajstić information content (AvgIpc) is 3.13. The second-order valence-corrected chi connectivity index (χ2v) is 11.6. The van der Waals surface area contributed by atoms with Crippen LogP contribution in [0.2, 0.25) is 10.0 Å². The van der Waals surface area contributed by atoms with Crippen molar-refractivity contribution in [1.82, 2.24) is 10.6 Å². The number of hydrogen-bond acceptors (Lipinski definition) is 6. The lowest BCUT2D eigenvalue weighted by molar-refractivity contribution is 0.194. The Morgan fingerprint density at radius 1 is 1.03 bits per heavy atom. The van der Waals surface area contributed by atoms with E-state index < -0.39 is 15.1 Å². The van der Waals surface area contributed by atoms with E-state index in [0.29, 0.717) is 41.1 Å². The van der Waals surface area contributed by atoms with E-state index in [0.717, 1.165) is 28.8 Å². The molecule has 8 nitrogen and oxygen atoms in total. The van der Waals surface area contributed by atoms with E-state index in [1.54, 1.807) is 12.1 Å².